The number of amides is 1. The second-order valence-corrected chi connectivity index (χ2v) is 4.22. The molecule has 1 heterocycles. The lowest BCUT2D eigenvalue weighted by Crippen LogP contribution is -2.42. The van der Waals surface area contributed by atoms with Crippen molar-refractivity contribution in [3.8, 4) is 0 Å². The second kappa shape index (κ2) is 2.73. The number of carbonyl (C=O) groups excluding carboxylic acids is 1. The highest BCUT2D eigenvalue weighted by Gasteiger charge is 2.44. The molecule has 3 nitrogen and oxygen atoms in total. The van der Waals surface area contributed by atoms with Crippen molar-refractivity contribution in [3.63, 3.8) is 0 Å². The molecule has 1 aliphatic carbocycles. The van der Waals surface area contributed by atoms with E-state index in [1.54, 1.807) is 0 Å². The first-order valence-electron chi connectivity index (χ1n) is 4.74. The van der Waals surface area contributed by atoms with Crippen LogP contribution < -0.4 is 11.1 Å². The van der Waals surface area contributed by atoms with Crippen LogP contribution in [0.4, 0.5) is 0 Å². The molecule has 0 radical (unpaired) electrons. The fourth-order valence-corrected chi connectivity index (χ4v) is 2.59. The van der Waals surface area contributed by atoms with Gasteiger partial charge in [-0.25, -0.2) is 0 Å². The third kappa shape index (κ3) is 1.12. The van der Waals surface area contributed by atoms with Crippen LogP contribution in [0.3, 0.4) is 0 Å². The van der Waals surface area contributed by atoms with Gasteiger partial charge in [0, 0.05) is 6.54 Å². The summed E-state index contributed by atoms with van der Waals surface area (Å²) in [6, 6.07) is 0. The van der Waals surface area contributed by atoms with Crippen molar-refractivity contribution in [2.45, 2.75) is 25.7 Å². The number of hydrogen-bond acceptors (Lipinski definition) is 2. The van der Waals surface area contributed by atoms with Crippen LogP contribution in [0, 0.1) is 11.3 Å². The maximum atomic E-state index is 11.3. The quantitative estimate of drug-likeness (QED) is 0.589. The Labute approximate surface area is 72.7 Å². The minimum Gasteiger partial charge on any atom is -0.369 e. The van der Waals surface area contributed by atoms with E-state index in [1.807, 2.05) is 0 Å². The summed E-state index contributed by atoms with van der Waals surface area (Å²) in [5.41, 5.74) is 5.24. The number of hydrogen-bond donors (Lipinski definition) is 2. The van der Waals surface area contributed by atoms with E-state index in [-0.39, 0.29) is 11.3 Å². The molecule has 2 rings (SSSR count). The van der Waals surface area contributed by atoms with E-state index in [1.165, 1.54) is 12.8 Å². The highest BCUT2D eigenvalue weighted by atomic mass is 16.1. The van der Waals surface area contributed by atoms with E-state index in [2.05, 4.69) is 5.32 Å². The molecule has 12 heavy (non-hydrogen) atoms. The summed E-state index contributed by atoms with van der Waals surface area (Å²) in [5, 5.41) is 3.30. The van der Waals surface area contributed by atoms with Crippen LogP contribution >= 0.6 is 0 Å². The Balaban J connectivity index is 2.18. The van der Waals surface area contributed by atoms with Crippen molar-refractivity contribution in [3.05, 3.63) is 0 Å². The van der Waals surface area contributed by atoms with Crippen LogP contribution in [0.15, 0.2) is 0 Å². The van der Waals surface area contributed by atoms with E-state index >= 15 is 0 Å². The summed E-state index contributed by atoms with van der Waals surface area (Å²) in [4.78, 5) is 11.3. The zero-order valence-corrected chi connectivity index (χ0v) is 7.31. The molecule has 1 saturated carbocycles. The number of fused-ring (bicyclic) bond motifs is 2. The first-order chi connectivity index (χ1) is 5.73. The molecule has 1 saturated heterocycles. The third-order valence-corrected chi connectivity index (χ3v) is 3.43. The van der Waals surface area contributed by atoms with Gasteiger partial charge in [0.2, 0.25) is 5.91 Å². The minimum absolute atomic E-state index is 0.0978. The molecule has 3 N–H and O–H groups in total. The van der Waals surface area contributed by atoms with Crippen LogP contribution in [0.5, 0.6) is 0 Å². The molecule has 1 aliphatic heterocycles. The predicted molar refractivity (Wildman–Crippen MR) is 46.5 cm³/mol. The van der Waals surface area contributed by atoms with Gasteiger partial charge in [-0.15, -0.1) is 0 Å². The molecule has 1 amide bonds. The fraction of sp³-hybridized carbons (Fsp3) is 0.889. The van der Waals surface area contributed by atoms with E-state index < -0.39 is 0 Å². The van der Waals surface area contributed by atoms with Crippen molar-refractivity contribution < 1.29 is 4.79 Å². The van der Waals surface area contributed by atoms with Gasteiger partial charge in [-0.3, -0.25) is 4.79 Å². The molecule has 0 aromatic heterocycles. The first kappa shape index (κ1) is 8.05. The molecular formula is C9H16N2O. The van der Waals surface area contributed by atoms with E-state index in [9.17, 15) is 4.79 Å². The Hall–Kier alpha value is -0.570. The molecule has 0 spiro atoms. The van der Waals surface area contributed by atoms with Gasteiger partial charge in [0.1, 0.15) is 0 Å². The topological polar surface area (TPSA) is 55.1 Å². The maximum absolute atomic E-state index is 11.3. The summed E-state index contributed by atoms with van der Waals surface area (Å²) in [6.07, 6.45) is 4.44. The fourth-order valence-electron chi connectivity index (χ4n) is 2.59. The van der Waals surface area contributed by atoms with Gasteiger partial charge in [-0.2, -0.15) is 0 Å². The van der Waals surface area contributed by atoms with Crippen molar-refractivity contribution in [2.24, 2.45) is 17.1 Å². The van der Waals surface area contributed by atoms with Gasteiger partial charge in [-0.1, -0.05) is 0 Å². The monoisotopic (exact) mass is 168 g/mol. The lowest BCUT2D eigenvalue weighted by molar-refractivity contribution is -0.127. The van der Waals surface area contributed by atoms with Gasteiger partial charge >= 0.3 is 0 Å². The van der Waals surface area contributed by atoms with E-state index in [4.69, 9.17) is 5.73 Å². The highest BCUT2D eigenvalue weighted by Crippen LogP contribution is 2.43. The minimum atomic E-state index is -0.193. The van der Waals surface area contributed by atoms with Crippen molar-refractivity contribution >= 4 is 5.91 Å². The van der Waals surface area contributed by atoms with Crippen molar-refractivity contribution in [1.82, 2.24) is 5.32 Å². The van der Waals surface area contributed by atoms with Crippen LogP contribution in [-0.4, -0.2) is 19.0 Å². The molecule has 2 bridgehead atoms. The van der Waals surface area contributed by atoms with E-state index in [0.29, 0.717) is 0 Å². The van der Waals surface area contributed by atoms with Crippen LogP contribution in [0.1, 0.15) is 25.7 Å². The number of carbonyl (C=O) groups is 1. The van der Waals surface area contributed by atoms with Gasteiger partial charge in [0.25, 0.3) is 0 Å². The van der Waals surface area contributed by atoms with Gasteiger partial charge in [-0.05, 0) is 38.1 Å². The second-order valence-electron chi connectivity index (χ2n) is 4.22. The largest absolute Gasteiger partial charge is 0.369 e. The molecule has 0 aromatic rings. The Morgan fingerprint density at radius 1 is 1.50 bits per heavy atom. The summed E-state index contributed by atoms with van der Waals surface area (Å²) in [6.45, 7) is 1.86. The molecule has 2 atom stereocenters. The lowest BCUT2D eigenvalue weighted by atomic mass is 9.85. The number of rotatable bonds is 1. The average Bonchev–Trinajstić information content (AvgIpc) is 2.27. The molecule has 68 valence electrons. The molecular weight excluding hydrogens is 152 g/mol. The maximum Gasteiger partial charge on any atom is 0.224 e. The summed E-state index contributed by atoms with van der Waals surface area (Å²) in [7, 11) is 0. The molecule has 2 fully saturated rings. The first-order valence-corrected chi connectivity index (χ1v) is 4.74. The SMILES string of the molecule is NC(=O)C12CCC(CCNC1)C2. The normalized spacial score (nSPS) is 40.8. The van der Waals surface area contributed by atoms with Gasteiger partial charge in [0.05, 0.1) is 5.41 Å². The Morgan fingerprint density at radius 3 is 3.08 bits per heavy atom. The Morgan fingerprint density at radius 2 is 2.33 bits per heavy atom. The predicted octanol–water partition coefficient (Wildman–Crippen LogP) is 0.251. The Bertz CT molecular complexity index is 205. The van der Waals surface area contributed by atoms with Crippen LogP contribution in [-0.2, 0) is 4.79 Å². The molecule has 2 unspecified atom stereocenters. The highest BCUT2D eigenvalue weighted by molar-refractivity contribution is 5.81. The summed E-state index contributed by atoms with van der Waals surface area (Å²) < 4.78 is 0. The average molecular weight is 168 g/mol. The molecule has 0 aromatic carbocycles. The van der Waals surface area contributed by atoms with Crippen molar-refractivity contribution in [1.29, 1.82) is 0 Å². The summed E-state index contributed by atoms with van der Waals surface area (Å²) in [5.74, 6) is 0.645. The zero-order valence-electron chi connectivity index (χ0n) is 7.31. The Kier molecular flexibility index (Phi) is 1.83. The lowest BCUT2D eigenvalue weighted by Gasteiger charge is -2.24. The van der Waals surface area contributed by atoms with Gasteiger partial charge < -0.3 is 11.1 Å². The smallest absolute Gasteiger partial charge is 0.224 e. The van der Waals surface area contributed by atoms with Crippen molar-refractivity contribution in [2.75, 3.05) is 13.1 Å². The van der Waals surface area contributed by atoms with Crippen LogP contribution in [0.2, 0.25) is 0 Å². The van der Waals surface area contributed by atoms with Gasteiger partial charge in [0.15, 0.2) is 0 Å². The molecule has 2 aliphatic rings. The number of nitrogens with one attached hydrogen (secondary N) is 1. The number of primary amides is 1. The van der Waals surface area contributed by atoms with E-state index in [0.717, 1.165) is 31.8 Å². The van der Waals surface area contributed by atoms with Crippen LogP contribution in [0.25, 0.3) is 0 Å². The number of nitrogens with two attached hydrogens (primary N) is 1. The zero-order chi connectivity index (χ0) is 8.60. The third-order valence-electron chi connectivity index (χ3n) is 3.43. The molecule has 3 heteroatoms. The standard InChI is InChI=1S/C9H16N2O/c10-8(12)9-3-1-7(5-9)2-4-11-6-9/h7,11H,1-6H2,(H2,10,12). The summed E-state index contributed by atoms with van der Waals surface area (Å²) >= 11 is 0.